The third kappa shape index (κ3) is 2.04. The van der Waals surface area contributed by atoms with Crippen LogP contribution in [0.4, 0.5) is 5.69 Å². The Morgan fingerprint density at radius 3 is 2.35 bits per heavy atom. The van der Waals surface area contributed by atoms with Gasteiger partial charge in [0, 0.05) is 22.7 Å². The fourth-order valence-corrected chi connectivity index (χ4v) is 3.39. The molecular formula is C18H11BrN2O2. The molecule has 0 atom stereocenters. The van der Waals surface area contributed by atoms with Gasteiger partial charge in [-0.15, -0.1) is 0 Å². The van der Waals surface area contributed by atoms with E-state index < -0.39 is 0 Å². The summed E-state index contributed by atoms with van der Waals surface area (Å²) in [6.07, 6.45) is 1.76. The van der Waals surface area contributed by atoms with Crippen LogP contribution in [-0.2, 0) is 9.59 Å². The van der Waals surface area contributed by atoms with Gasteiger partial charge in [0.05, 0.1) is 15.7 Å². The molecule has 0 radical (unpaired) electrons. The Balaban J connectivity index is 1.86. The Kier molecular flexibility index (Phi) is 3.16. The van der Waals surface area contributed by atoms with Gasteiger partial charge >= 0.3 is 0 Å². The lowest BCUT2D eigenvalue weighted by molar-refractivity contribution is -0.119. The standard InChI is InChI=1S/C18H11BrN2O2/c19-16-15(13-10-20-14-9-5-4-8-12(13)14)17(22)21(18(16)23)11-6-2-1-3-7-11/h1-10,20H. The lowest BCUT2D eigenvalue weighted by Crippen LogP contribution is -2.30. The van der Waals surface area contributed by atoms with Gasteiger partial charge in [0.2, 0.25) is 0 Å². The van der Waals surface area contributed by atoms with Crippen molar-refractivity contribution < 1.29 is 9.59 Å². The second-order valence-corrected chi connectivity index (χ2v) is 6.01. The first-order valence-corrected chi connectivity index (χ1v) is 7.88. The van der Waals surface area contributed by atoms with Crippen molar-refractivity contribution >= 4 is 49.9 Å². The number of carbonyl (C=O) groups excluding carboxylic acids is 2. The number of aromatic nitrogens is 1. The predicted molar refractivity (Wildman–Crippen MR) is 93.1 cm³/mol. The molecule has 2 amide bonds. The Morgan fingerprint density at radius 1 is 0.870 bits per heavy atom. The molecule has 0 bridgehead atoms. The zero-order chi connectivity index (χ0) is 16.0. The number of hydrogen-bond donors (Lipinski definition) is 1. The molecule has 1 N–H and O–H groups in total. The lowest BCUT2D eigenvalue weighted by atomic mass is 10.1. The van der Waals surface area contributed by atoms with Crippen LogP contribution in [0.2, 0.25) is 0 Å². The minimum Gasteiger partial charge on any atom is -0.361 e. The van der Waals surface area contributed by atoms with Gasteiger partial charge in [-0.05, 0) is 34.1 Å². The largest absolute Gasteiger partial charge is 0.361 e. The Hall–Kier alpha value is -2.66. The molecule has 0 aliphatic carbocycles. The quantitative estimate of drug-likeness (QED) is 0.700. The van der Waals surface area contributed by atoms with E-state index in [0.29, 0.717) is 11.3 Å². The number of para-hydroxylation sites is 2. The average molecular weight is 367 g/mol. The van der Waals surface area contributed by atoms with Crippen LogP contribution in [0.1, 0.15) is 5.56 Å². The van der Waals surface area contributed by atoms with Crippen molar-refractivity contribution in [3.05, 3.63) is 70.8 Å². The fraction of sp³-hybridized carbons (Fsp3) is 0. The number of amides is 2. The van der Waals surface area contributed by atoms with Crippen molar-refractivity contribution in [1.82, 2.24) is 4.98 Å². The maximum atomic E-state index is 12.9. The molecule has 4 rings (SSSR count). The summed E-state index contributed by atoms with van der Waals surface area (Å²) in [5, 5.41) is 0.913. The second kappa shape index (κ2) is 5.21. The van der Waals surface area contributed by atoms with E-state index in [1.165, 1.54) is 4.90 Å². The molecule has 0 unspecified atom stereocenters. The van der Waals surface area contributed by atoms with Gasteiger partial charge < -0.3 is 4.98 Å². The van der Waals surface area contributed by atoms with Gasteiger partial charge in [-0.2, -0.15) is 0 Å². The summed E-state index contributed by atoms with van der Waals surface area (Å²) in [4.78, 5) is 29.8. The summed E-state index contributed by atoms with van der Waals surface area (Å²) in [6, 6.07) is 16.6. The normalized spacial score (nSPS) is 15.1. The van der Waals surface area contributed by atoms with Crippen LogP contribution in [0.15, 0.2) is 65.3 Å². The maximum Gasteiger partial charge on any atom is 0.273 e. The SMILES string of the molecule is O=C1C(Br)=C(c2c[nH]c3ccccc23)C(=O)N1c1ccccc1. The van der Waals surface area contributed by atoms with Crippen molar-refractivity contribution in [3.63, 3.8) is 0 Å². The molecule has 1 aromatic heterocycles. The van der Waals surface area contributed by atoms with E-state index in [2.05, 4.69) is 20.9 Å². The first-order valence-electron chi connectivity index (χ1n) is 7.08. The Morgan fingerprint density at radius 2 is 1.57 bits per heavy atom. The zero-order valence-corrected chi connectivity index (χ0v) is 13.5. The maximum absolute atomic E-state index is 12.9. The number of nitrogens with zero attached hydrogens (tertiary/aromatic N) is 1. The summed E-state index contributed by atoms with van der Waals surface area (Å²) >= 11 is 3.31. The summed E-state index contributed by atoms with van der Waals surface area (Å²) in [7, 11) is 0. The van der Waals surface area contributed by atoms with Crippen molar-refractivity contribution in [2.24, 2.45) is 0 Å². The zero-order valence-electron chi connectivity index (χ0n) is 11.9. The summed E-state index contributed by atoms with van der Waals surface area (Å²) in [5.74, 6) is -0.667. The third-order valence-corrected chi connectivity index (χ3v) is 4.64. The highest BCUT2D eigenvalue weighted by atomic mass is 79.9. The number of benzene rings is 2. The molecule has 0 saturated carbocycles. The fourth-order valence-electron chi connectivity index (χ4n) is 2.83. The van der Waals surface area contributed by atoms with Crippen molar-refractivity contribution in [2.75, 3.05) is 4.90 Å². The van der Waals surface area contributed by atoms with Crippen LogP contribution in [0.3, 0.4) is 0 Å². The van der Waals surface area contributed by atoms with Crippen molar-refractivity contribution in [2.45, 2.75) is 0 Å². The van der Waals surface area contributed by atoms with Crippen molar-refractivity contribution in [1.29, 1.82) is 0 Å². The molecule has 2 aromatic carbocycles. The van der Waals surface area contributed by atoms with E-state index >= 15 is 0 Å². The van der Waals surface area contributed by atoms with E-state index in [4.69, 9.17) is 0 Å². The van der Waals surface area contributed by atoms with Gasteiger partial charge in [0.25, 0.3) is 11.8 Å². The van der Waals surface area contributed by atoms with Gasteiger partial charge in [0.1, 0.15) is 0 Å². The first-order chi connectivity index (χ1) is 11.2. The van der Waals surface area contributed by atoms with Gasteiger partial charge in [-0.25, -0.2) is 4.90 Å². The van der Waals surface area contributed by atoms with E-state index in [-0.39, 0.29) is 16.3 Å². The molecule has 0 fully saturated rings. The number of rotatable bonds is 2. The van der Waals surface area contributed by atoms with Gasteiger partial charge in [-0.3, -0.25) is 9.59 Å². The monoisotopic (exact) mass is 366 g/mol. The highest BCUT2D eigenvalue weighted by Crippen LogP contribution is 2.38. The molecular weight excluding hydrogens is 356 g/mol. The topological polar surface area (TPSA) is 53.2 Å². The number of H-pyrrole nitrogens is 1. The van der Waals surface area contributed by atoms with E-state index in [1.54, 1.807) is 30.5 Å². The molecule has 4 nitrogen and oxygen atoms in total. The summed E-state index contributed by atoms with van der Waals surface area (Å²) < 4.78 is 0.288. The van der Waals surface area contributed by atoms with Gasteiger partial charge in [0.15, 0.2) is 0 Å². The van der Waals surface area contributed by atoms with E-state index in [0.717, 1.165) is 16.5 Å². The highest BCUT2D eigenvalue weighted by Gasteiger charge is 2.39. The molecule has 112 valence electrons. The van der Waals surface area contributed by atoms with Crippen LogP contribution >= 0.6 is 15.9 Å². The molecule has 2 heterocycles. The number of carbonyl (C=O) groups is 2. The molecule has 1 aliphatic heterocycles. The van der Waals surface area contributed by atoms with E-state index in [9.17, 15) is 9.59 Å². The number of anilines is 1. The van der Waals surface area contributed by atoms with Crippen LogP contribution in [0, 0.1) is 0 Å². The minimum absolute atomic E-state index is 0.288. The highest BCUT2D eigenvalue weighted by molar-refractivity contribution is 9.12. The lowest BCUT2D eigenvalue weighted by Gasteiger charge is -2.14. The van der Waals surface area contributed by atoms with Gasteiger partial charge in [-0.1, -0.05) is 36.4 Å². The molecule has 5 heteroatoms. The predicted octanol–water partition coefficient (Wildman–Crippen LogP) is 3.85. The molecule has 1 aliphatic rings. The molecule has 3 aromatic rings. The Bertz CT molecular complexity index is 973. The molecule has 0 saturated heterocycles. The Labute approximate surface area is 140 Å². The second-order valence-electron chi connectivity index (χ2n) is 5.22. The van der Waals surface area contributed by atoms with Crippen LogP contribution in [-0.4, -0.2) is 16.8 Å². The van der Waals surface area contributed by atoms with Crippen LogP contribution < -0.4 is 4.90 Å². The summed E-state index contributed by atoms with van der Waals surface area (Å²) in [5.41, 5.74) is 2.60. The number of fused-ring (bicyclic) bond motifs is 1. The number of nitrogens with one attached hydrogen (secondary N) is 1. The van der Waals surface area contributed by atoms with Crippen LogP contribution in [0.5, 0.6) is 0 Å². The number of imide groups is 1. The number of hydrogen-bond acceptors (Lipinski definition) is 2. The first kappa shape index (κ1) is 14.0. The smallest absolute Gasteiger partial charge is 0.273 e. The van der Waals surface area contributed by atoms with Crippen molar-refractivity contribution in [3.8, 4) is 0 Å². The molecule has 23 heavy (non-hydrogen) atoms. The molecule has 0 spiro atoms. The summed E-state index contributed by atoms with van der Waals surface area (Å²) in [6.45, 7) is 0. The average Bonchev–Trinajstić information content (AvgIpc) is 3.08. The minimum atomic E-state index is -0.346. The number of halogens is 1. The number of aromatic amines is 1. The van der Waals surface area contributed by atoms with E-state index in [1.807, 2.05) is 30.3 Å². The van der Waals surface area contributed by atoms with Crippen LogP contribution in [0.25, 0.3) is 16.5 Å². The third-order valence-electron chi connectivity index (χ3n) is 3.90.